The van der Waals surface area contributed by atoms with E-state index in [1.54, 1.807) is 0 Å². The van der Waals surface area contributed by atoms with Gasteiger partial charge in [0.2, 0.25) is 0 Å². The number of aromatic nitrogens is 3. The highest BCUT2D eigenvalue weighted by atomic mass is 16.2. The smallest absolute Gasteiger partial charge is 0.321 e. The standard InChI is InChI=1S/C21H24N6O/c1-16-7-3-4-8-18(16)24-21(28)27-13-11-26(12-14-27)20-15-19(22-17(2)23-20)25-9-5-6-10-25/h3-10,15H,11-14H2,1-2H3,(H,24,28). The Morgan fingerprint density at radius 2 is 1.61 bits per heavy atom. The van der Waals surface area contributed by atoms with Crippen LogP contribution in [0.3, 0.4) is 0 Å². The summed E-state index contributed by atoms with van der Waals surface area (Å²) >= 11 is 0. The van der Waals surface area contributed by atoms with E-state index < -0.39 is 0 Å². The predicted octanol–water partition coefficient (Wildman–Crippen LogP) is 3.24. The van der Waals surface area contributed by atoms with Crippen molar-refractivity contribution in [2.45, 2.75) is 13.8 Å². The van der Waals surface area contributed by atoms with E-state index >= 15 is 0 Å². The normalized spacial score (nSPS) is 14.2. The van der Waals surface area contributed by atoms with Gasteiger partial charge in [-0.05, 0) is 37.6 Å². The number of carbonyl (C=O) groups is 1. The van der Waals surface area contributed by atoms with Crippen LogP contribution in [0.25, 0.3) is 5.82 Å². The first-order valence-electron chi connectivity index (χ1n) is 9.46. The zero-order chi connectivity index (χ0) is 19.5. The van der Waals surface area contributed by atoms with Gasteiger partial charge in [0.25, 0.3) is 0 Å². The number of nitrogens with zero attached hydrogens (tertiary/aromatic N) is 5. The maximum atomic E-state index is 12.6. The molecule has 1 aromatic carbocycles. The van der Waals surface area contributed by atoms with Crippen LogP contribution < -0.4 is 10.2 Å². The molecule has 3 aromatic rings. The lowest BCUT2D eigenvalue weighted by Gasteiger charge is -2.35. The first-order valence-corrected chi connectivity index (χ1v) is 9.46. The fourth-order valence-electron chi connectivity index (χ4n) is 3.36. The molecule has 28 heavy (non-hydrogen) atoms. The van der Waals surface area contributed by atoms with Gasteiger partial charge in [-0.2, -0.15) is 0 Å². The number of aryl methyl sites for hydroxylation is 2. The Labute approximate surface area is 164 Å². The lowest BCUT2D eigenvalue weighted by Crippen LogP contribution is -2.50. The van der Waals surface area contributed by atoms with E-state index in [9.17, 15) is 4.79 Å². The third kappa shape index (κ3) is 3.83. The van der Waals surface area contributed by atoms with E-state index in [0.717, 1.165) is 41.8 Å². The third-order valence-corrected chi connectivity index (χ3v) is 4.96. The summed E-state index contributed by atoms with van der Waals surface area (Å²) in [5.74, 6) is 2.49. The Morgan fingerprint density at radius 1 is 0.929 bits per heavy atom. The summed E-state index contributed by atoms with van der Waals surface area (Å²) < 4.78 is 1.98. The molecule has 1 aliphatic rings. The number of carbonyl (C=O) groups excluding carboxylic acids is 1. The van der Waals surface area contributed by atoms with Crippen LogP contribution in [0.2, 0.25) is 0 Å². The van der Waals surface area contributed by atoms with Gasteiger partial charge in [0.1, 0.15) is 17.5 Å². The Bertz CT molecular complexity index is 961. The lowest BCUT2D eigenvalue weighted by atomic mass is 10.2. The van der Waals surface area contributed by atoms with E-state index in [0.29, 0.717) is 13.1 Å². The Morgan fingerprint density at radius 3 is 2.32 bits per heavy atom. The van der Waals surface area contributed by atoms with Crippen molar-refractivity contribution in [3.8, 4) is 5.82 Å². The number of para-hydroxylation sites is 1. The molecule has 0 atom stereocenters. The van der Waals surface area contributed by atoms with Crippen LogP contribution in [0.5, 0.6) is 0 Å². The largest absolute Gasteiger partial charge is 0.353 e. The molecule has 2 aromatic heterocycles. The van der Waals surface area contributed by atoms with Crippen LogP contribution in [0.4, 0.5) is 16.3 Å². The zero-order valence-corrected chi connectivity index (χ0v) is 16.2. The fourth-order valence-corrected chi connectivity index (χ4v) is 3.36. The summed E-state index contributed by atoms with van der Waals surface area (Å²) in [7, 11) is 0. The van der Waals surface area contributed by atoms with Crippen LogP contribution in [0.1, 0.15) is 11.4 Å². The lowest BCUT2D eigenvalue weighted by molar-refractivity contribution is 0.208. The molecule has 1 N–H and O–H groups in total. The number of nitrogens with one attached hydrogen (secondary N) is 1. The molecule has 0 aliphatic carbocycles. The van der Waals surface area contributed by atoms with Gasteiger partial charge >= 0.3 is 6.03 Å². The van der Waals surface area contributed by atoms with Crippen molar-refractivity contribution in [1.82, 2.24) is 19.4 Å². The molecule has 3 heterocycles. The molecule has 0 radical (unpaired) electrons. The van der Waals surface area contributed by atoms with Gasteiger partial charge in [0.15, 0.2) is 0 Å². The van der Waals surface area contributed by atoms with Crippen molar-refractivity contribution in [3.63, 3.8) is 0 Å². The highest BCUT2D eigenvalue weighted by Crippen LogP contribution is 2.19. The van der Waals surface area contributed by atoms with Gasteiger partial charge in [-0.25, -0.2) is 14.8 Å². The van der Waals surface area contributed by atoms with Gasteiger partial charge in [-0.15, -0.1) is 0 Å². The second-order valence-electron chi connectivity index (χ2n) is 6.94. The average molecular weight is 376 g/mol. The summed E-state index contributed by atoms with van der Waals surface area (Å²) in [4.78, 5) is 25.8. The number of benzene rings is 1. The van der Waals surface area contributed by atoms with Crippen molar-refractivity contribution in [1.29, 1.82) is 0 Å². The first kappa shape index (κ1) is 18.0. The predicted molar refractivity (Wildman–Crippen MR) is 110 cm³/mol. The number of anilines is 2. The number of rotatable bonds is 3. The van der Waals surface area contributed by atoms with Gasteiger partial charge < -0.3 is 19.7 Å². The maximum absolute atomic E-state index is 12.6. The molecule has 0 unspecified atom stereocenters. The molecule has 1 aliphatic heterocycles. The van der Waals surface area contributed by atoms with Crippen LogP contribution in [-0.4, -0.2) is 51.6 Å². The summed E-state index contributed by atoms with van der Waals surface area (Å²) in [5.41, 5.74) is 1.92. The molecule has 2 amide bonds. The van der Waals surface area contributed by atoms with Crippen molar-refractivity contribution >= 4 is 17.5 Å². The van der Waals surface area contributed by atoms with Crippen molar-refractivity contribution in [2.24, 2.45) is 0 Å². The molecule has 0 saturated carbocycles. The zero-order valence-electron chi connectivity index (χ0n) is 16.2. The van der Waals surface area contributed by atoms with E-state index in [-0.39, 0.29) is 6.03 Å². The molecule has 1 saturated heterocycles. The molecule has 7 heteroatoms. The molecular formula is C21H24N6O. The van der Waals surface area contributed by atoms with E-state index in [1.807, 2.05) is 78.2 Å². The van der Waals surface area contributed by atoms with Crippen LogP contribution in [0.15, 0.2) is 54.9 Å². The molecule has 0 bridgehead atoms. The minimum atomic E-state index is -0.0548. The van der Waals surface area contributed by atoms with Crippen LogP contribution >= 0.6 is 0 Å². The Hall–Kier alpha value is -3.35. The number of amides is 2. The number of hydrogen-bond acceptors (Lipinski definition) is 4. The average Bonchev–Trinajstić information content (AvgIpc) is 3.24. The molecule has 1 fully saturated rings. The minimum Gasteiger partial charge on any atom is -0.353 e. The topological polar surface area (TPSA) is 66.3 Å². The van der Waals surface area contributed by atoms with Crippen LogP contribution in [0, 0.1) is 13.8 Å². The Balaban J connectivity index is 1.42. The monoisotopic (exact) mass is 376 g/mol. The molecule has 7 nitrogen and oxygen atoms in total. The summed E-state index contributed by atoms with van der Waals surface area (Å²) in [6, 6.07) is 13.7. The van der Waals surface area contributed by atoms with E-state index in [4.69, 9.17) is 0 Å². The summed E-state index contributed by atoms with van der Waals surface area (Å²) in [6.45, 7) is 6.68. The van der Waals surface area contributed by atoms with Crippen molar-refractivity contribution < 1.29 is 4.79 Å². The maximum Gasteiger partial charge on any atom is 0.321 e. The van der Waals surface area contributed by atoms with Gasteiger partial charge in [-0.1, -0.05) is 18.2 Å². The fraction of sp³-hybridized carbons (Fsp3) is 0.286. The Kier molecular flexibility index (Phi) is 4.97. The molecular weight excluding hydrogens is 352 g/mol. The number of piperazine rings is 1. The van der Waals surface area contributed by atoms with Crippen molar-refractivity contribution in [2.75, 3.05) is 36.4 Å². The summed E-state index contributed by atoms with van der Waals surface area (Å²) in [6.07, 6.45) is 3.94. The van der Waals surface area contributed by atoms with Gasteiger partial charge in [0.05, 0.1) is 0 Å². The molecule has 4 rings (SSSR count). The summed E-state index contributed by atoms with van der Waals surface area (Å²) in [5, 5.41) is 3.01. The quantitative estimate of drug-likeness (QED) is 0.762. The number of urea groups is 1. The highest BCUT2D eigenvalue weighted by molar-refractivity contribution is 5.90. The van der Waals surface area contributed by atoms with Gasteiger partial charge in [-0.3, -0.25) is 0 Å². The van der Waals surface area contributed by atoms with E-state index in [1.165, 1.54) is 0 Å². The first-order chi connectivity index (χ1) is 13.6. The number of hydrogen-bond donors (Lipinski definition) is 1. The molecule has 144 valence electrons. The van der Waals surface area contributed by atoms with E-state index in [2.05, 4.69) is 20.2 Å². The minimum absolute atomic E-state index is 0.0548. The second kappa shape index (κ2) is 7.72. The van der Waals surface area contributed by atoms with Crippen molar-refractivity contribution in [3.05, 3.63) is 66.2 Å². The SMILES string of the molecule is Cc1nc(N2CCN(C(=O)Nc3ccccc3C)CC2)cc(-n2cccc2)n1. The van der Waals surface area contributed by atoms with Crippen LogP contribution in [-0.2, 0) is 0 Å². The third-order valence-electron chi connectivity index (χ3n) is 4.96. The highest BCUT2D eigenvalue weighted by Gasteiger charge is 2.23. The molecule has 0 spiro atoms. The second-order valence-corrected chi connectivity index (χ2v) is 6.94. The van der Waals surface area contributed by atoms with Gasteiger partial charge in [0, 0.05) is 50.3 Å².